The fourth-order valence-corrected chi connectivity index (χ4v) is 6.85. The van der Waals surface area contributed by atoms with Crippen molar-refractivity contribution in [3.05, 3.63) is 0 Å². The van der Waals surface area contributed by atoms with Crippen molar-refractivity contribution in [2.24, 2.45) is 5.92 Å². The lowest BCUT2D eigenvalue weighted by Crippen LogP contribution is -2.58. The second-order valence-electron chi connectivity index (χ2n) is 13.2. The number of aliphatic hydroxyl groups is 4. The van der Waals surface area contributed by atoms with E-state index >= 15 is 0 Å². The Kier molecular flexibility index (Phi) is 25.7. The standard InChI is InChI=1S/C34H69O9P/c1-3-4-5-6-7-8-9-10-11-12-13-14-15-16-17-18-19-20-21-22-23-25-29(2)26-24-27-41-44(39,40)43-34-33(38)32(37)31(36)30(28-35)42-34/h29-38H,3-28H2,1-2H3,(H,39,40)/t29-,30+,31+,32-,33-,34-/m0/s1. The molecule has 1 saturated heterocycles. The van der Waals surface area contributed by atoms with Crippen LogP contribution in [0.4, 0.5) is 0 Å². The van der Waals surface area contributed by atoms with Crippen LogP contribution in [0.15, 0.2) is 0 Å². The minimum atomic E-state index is -4.56. The number of unbranched alkanes of at least 4 members (excludes halogenated alkanes) is 20. The van der Waals surface area contributed by atoms with E-state index < -0.39 is 45.1 Å². The highest BCUT2D eigenvalue weighted by Crippen LogP contribution is 2.46. The predicted molar refractivity (Wildman–Crippen MR) is 176 cm³/mol. The Morgan fingerprint density at radius 2 is 1.05 bits per heavy atom. The smallest absolute Gasteiger partial charge is 0.394 e. The van der Waals surface area contributed by atoms with Gasteiger partial charge in [-0.1, -0.05) is 155 Å². The Labute approximate surface area is 269 Å². The summed E-state index contributed by atoms with van der Waals surface area (Å²) in [6, 6.07) is 0. The second kappa shape index (κ2) is 26.9. The quantitative estimate of drug-likeness (QED) is 0.0385. The number of phosphoric ester groups is 1. The summed E-state index contributed by atoms with van der Waals surface area (Å²) in [5.41, 5.74) is 0. The normalized spacial score (nSPS) is 24.4. The molecule has 0 radical (unpaired) electrons. The first-order valence-corrected chi connectivity index (χ1v) is 19.7. The third-order valence-electron chi connectivity index (χ3n) is 8.98. The highest BCUT2D eigenvalue weighted by molar-refractivity contribution is 7.47. The lowest BCUT2D eigenvalue weighted by atomic mass is 9.97. The van der Waals surface area contributed by atoms with Crippen LogP contribution in [-0.2, 0) is 18.3 Å². The van der Waals surface area contributed by atoms with E-state index in [1.807, 2.05) is 0 Å². The van der Waals surface area contributed by atoms with Crippen molar-refractivity contribution in [3.8, 4) is 0 Å². The van der Waals surface area contributed by atoms with Crippen LogP contribution in [0.3, 0.4) is 0 Å². The summed E-state index contributed by atoms with van der Waals surface area (Å²) in [4.78, 5) is 9.96. The minimum absolute atomic E-state index is 0.00878. The second-order valence-corrected chi connectivity index (χ2v) is 14.6. The Bertz CT molecular complexity index is 696. The SMILES string of the molecule is CCCCCCCCCCCCCCCCCCCCCCC[C@H](C)CCCOP(=O)(O)O[C@@H]1O[C@H](CO)[C@@H](O)[C@H](O)[C@@H]1O. The summed E-state index contributed by atoms with van der Waals surface area (Å²) in [5.74, 6) is 0.489. The van der Waals surface area contributed by atoms with Crippen molar-refractivity contribution in [2.45, 2.75) is 199 Å². The largest absolute Gasteiger partial charge is 0.474 e. The van der Waals surface area contributed by atoms with Gasteiger partial charge in [0.05, 0.1) is 13.2 Å². The summed E-state index contributed by atoms with van der Waals surface area (Å²) in [7, 11) is -4.56. The Hall–Kier alpha value is -0.0900. The van der Waals surface area contributed by atoms with Crippen LogP contribution >= 0.6 is 7.82 Å². The van der Waals surface area contributed by atoms with Crippen LogP contribution in [0.25, 0.3) is 0 Å². The van der Waals surface area contributed by atoms with Crippen molar-refractivity contribution in [3.63, 3.8) is 0 Å². The molecule has 1 fully saturated rings. The molecule has 0 aromatic heterocycles. The van der Waals surface area contributed by atoms with Gasteiger partial charge in [-0.3, -0.25) is 9.05 Å². The molecular weight excluding hydrogens is 583 g/mol. The number of ether oxygens (including phenoxy) is 1. The topological polar surface area (TPSA) is 146 Å². The van der Waals surface area contributed by atoms with Gasteiger partial charge < -0.3 is 30.1 Å². The molecule has 0 aliphatic carbocycles. The maximum atomic E-state index is 12.2. The van der Waals surface area contributed by atoms with Gasteiger partial charge in [0.25, 0.3) is 0 Å². The lowest BCUT2D eigenvalue weighted by molar-refractivity contribution is -0.281. The maximum Gasteiger partial charge on any atom is 0.474 e. The molecule has 10 heteroatoms. The Morgan fingerprint density at radius 1 is 0.636 bits per heavy atom. The molecule has 1 aliphatic heterocycles. The molecule has 5 N–H and O–H groups in total. The summed E-state index contributed by atoms with van der Waals surface area (Å²) < 4.78 is 27.2. The molecule has 0 aromatic rings. The molecule has 7 atom stereocenters. The molecule has 0 amide bonds. The zero-order valence-electron chi connectivity index (χ0n) is 28.2. The van der Waals surface area contributed by atoms with E-state index in [1.165, 1.54) is 135 Å². The van der Waals surface area contributed by atoms with Crippen LogP contribution in [0.2, 0.25) is 0 Å². The summed E-state index contributed by atoms with van der Waals surface area (Å²) in [5, 5.41) is 38.8. The van der Waals surface area contributed by atoms with Gasteiger partial charge in [-0.25, -0.2) is 4.57 Å². The van der Waals surface area contributed by atoms with E-state index in [-0.39, 0.29) is 6.61 Å². The molecular formula is C34H69O9P. The molecule has 0 spiro atoms. The summed E-state index contributed by atoms with van der Waals surface area (Å²) in [6.07, 6.45) is 23.6. The number of phosphoric acid groups is 1. The number of hydrogen-bond donors (Lipinski definition) is 5. The predicted octanol–water partition coefficient (Wildman–Crippen LogP) is 7.94. The zero-order valence-corrected chi connectivity index (χ0v) is 29.1. The first-order chi connectivity index (χ1) is 21.2. The van der Waals surface area contributed by atoms with Gasteiger partial charge in [0.15, 0.2) is 6.29 Å². The fraction of sp³-hybridized carbons (Fsp3) is 1.00. The van der Waals surface area contributed by atoms with E-state index in [2.05, 4.69) is 13.8 Å². The van der Waals surface area contributed by atoms with Gasteiger partial charge in [-0.2, -0.15) is 0 Å². The highest BCUT2D eigenvalue weighted by atomic mass is 31.2. The molecule has 1 aliphatic rings. The Balaban J connectivity index is 1.88. The van der Waals surface area contributed by atoms with E-state index in [0.717, 1.165) is 12.8 Å². The van der Waals surface area contributed by atoms with E-state index in [0.29, 0.717) is 12.3 Å². The summed E-state index contributed by atoms with van der Waals surface area (Å²) in [6.45, 7) is 3.82. The monoisotopic (exact) mass is 652 g/mol. The van der Waals surface area contributed by atoms with E-state index in [1.54, 1.807) is 0 Å². The summed E-state index contributed by atoms with van der Waals surface area (Å²) >= 11 is 0. The molecule has 1 unspecified atom stereocenters. The first-order valence-electron chi connectivity index (χ1n) is 18.2. The van der Waals surface area contributed by atoms with Crippen LogP contribution in [0, 0.1) is 5.92 Å². The van der Waals surface area contributed by atoms with Crippen LogP contribution in [0.1, 0.15) is 168 Å². The van der Waals surface area contributed by atoms with Gasteiger partial charge >= 0.3 is 7.82 Å². The molecule has 44 heavy (non-hydrogen) atoms. The van der Waals surface area contributed by atoms with Crippen molar-refractivity contribution < 1.29 is 43.7 Å². The molecule has 1 heterocycles. The maximum absolute atomic E-state index is 12.2. The molecule has 0 bridgehead atoms. The number of rotatable bonds is 30. The number of hydrogen-bond acceptors (Lipinski definition) is 8. The number of aliphatic hydroxyl groups excluding tert-OH is 4. The van der Waals surface area contributed by atoms with Gasteiger partial charge in [-0.15, -0.1) is 0 Å². The van der Waals surface area contributed by atoms with Crippen LogP contribution in [-0.4, -0.2) is 69.2 Å². The minimum Gasteiger partial charge on any atom is -0.394 e. The van der Waals surface area contributed by atoms with E-state index in [9.17, 15) is 29.9 Å². The van der Waals surface area contributed by atoms with Crippen molar-refractivity contribution in [1.82, 2.24) is 0 Å². The molecule has 9 nitrogen and oxygen atoms in total. The van der Waals surface area contributed by atoms with Crippen molar-refractivity contribution >= 4 is 7.82 Å². The van der Waals surface area contributed by atoms with Crippen molar-refractivity contribution in [1.29, 1.82) is 0 Å². The highest BCUT2D eigenvalue weighted by Gasteiger charge is 2.46. The zero-order chi connectivity index (χ0) is 32.5. The molecule has 0 saturated carbocycles. The molecule has 264 valence electrons. The third kappa shape index (κ3) is 20.9. The average molecular weight is 653 g/mol. The van der Waals surface area contributed by atoms with Gasteiger partial charge in [-0.05, 0) is 18.8 Å². The average Bonchev–Trinajstić information content (AvgIpc) is 3.00. The van der Waals surface area contributed by atoms with Gasteiger partial charge in [0.1, 0.15) is 24.4 Å². The van der Waals surface area contributed by atoms with Crippen LogP contribution < -0.4 is 0 Å². The third-order valence-corrected chi connectivity index (χ3v) is 9.96. The van der Waals surface area contributed by atoms with Gasteiger partial charge in [0, 0.05) is 0 Å². The van der Waals surface area contributed by atoms with Crippen LogP contribution in [0.5, 0.6) is 0 Å². The first kappa shape index (κ1) is 41.9. The van der Waals surface area contributed by atoms with E-state index in [4.69, 9.17) is 13.8 Å². The molecule has 0 aromatic carbocycles. The van der Waals surface area contributed by atoms with Crippen molar-refractivity contribution in [2.75, 3.05) is 13.2 Å². The fourth-order valence-electron chi connectivity index (χ4n) is 6.00. The van der Waals surface area contributed by atoms with Gasteiger partial charge in [0.2, 0.25) is 0 Å². The Morgan fingerprint density at radius 3 is 1.48 bits per heavy atom. The lowest BCUT2D eigenvalue weighted by Gasteiger charge is -2.39. The molecule has 1 rings (SSSR count).